The molecule has 164 valence electrons. The third-order valence-electron chi connectivity index (χ3n) is 5.55. The van der Waals surface area contributed by atoms with Crippen molar-refractivity contribution in [3.05, 3.63) is 0 Å². The second-order valence-corrected chi connectivity index (χ2v) is 9.03. The lowest BCUT2D eigenvalue weighted by molar-refractivity contribution is -0.141. The molecule has 1 aliphatic heterocycles. The number of nitrogens with zero attached hydrogens (tertiary/aromatic N) is 1. The van der Waals surface area contributed by atoms with Gasteiger partial charge in [-0.1, -0.05) is 26.7 Å². The van der Waals surface area contributed by atoms with E-state index >= 15 is 0 Å². The Labute approximate surface area is 173 Å². The Morgan fingerprint density at radius 3 is 2.14 bits per heavy atom. The predicted molar refractivity (Wildman–Crippen MR) is 110 cm³/mol. The minimum Gasteiger partial charge on any atom is -0.345 e. The summed E-state index contributed by atoms with van der Waals surface area (Å²) in [7, 11) is 0. The highest BCUT2D eigenvalue weighted by molar-refractivity contribution is 5.94. The topological polar surface area (TPSA) is 108 Å². The van der Waals surface area contributed by atoms with E-state index in [0.29, 0.717) is 25.3 Å². The van der Waals surface area contributed by atoms with Crippen molar-refractivity contribution >= 4 is 23.6 Å². The summed E-state index contributed by atoms with van der Waals surface area (Å²) in [6.07, 6.45) is 4.17. The summed E-state index contributed by atoms with van der Waals surface area (Å²) >= 11 is 0. The van der Waals surface area contributed by atoms with Crippen molar-refractivity contribution in [1.82, 2.24) is 20.9 Å². The summed E-state index contributed by atoms with van der Waals surface area (Å²) in [5.41, 5.74) is 0. The van der Waals surface area contributed by atoms with Crippen LogP contribution >= 0.6 is 0 Å². The first-order chi connectivity index (χ1) is 13.6. The second kappa shape index (κ2) is 10.1. The van der Waals surface area contributed by atoms with Gasteiger partial charge >= 0.3 is 6.03 Å². The van der Waals surface area contributed by atoms with Gasteiger partial charge in [-0.05, 0) is 51.9 Å². The third kappa shape index (κ3) is 6.72. The quantitative estimate of drug-likeness (QED) is 0.538. The van der Waals surface area contributed by atoms with E-state index in [1.54, 1.807) is 4.90 Å². The van der Waals surface area contributed by atoms with Gasteiger partial charge < -0.3 is 20.9 Å². The fraction of sp³-hybridized carbons (Fsp3) is 0.810. The molecular weight excluding hydrogens is 372 g/mol. The van der Waals surface area contributed by atoms with E-state index in [-0.39, 0.29) is 29.6 Å². The van der Waals surface area contributed by atoms with Crippen LogP contribution in [0.25, 0.3) is 0 Å². The molecule has 3 unspecified atom stereocenters. The van der Waals surface area contributed by atoms with Crippen LogP contribution < -0.4 is 16.0 Å². The zero-order valence-corrected chi connectivity index (χ0v) is 18.3. The Bertz CT molecular complexity index is 630. The van der Waals surface area contributed by atoms with Crippen molar-refractivity contribution in [1.29, 1.82) is 0 Å². The molecule has 1 heterocycles. The number of hydrogen-bond acceptors (Lipinski definition) is 4. The Hall–Kier alpha value is -2.12. The van der Waals surface area contributed by atoms with Gasteiger partial charge in [-0.25, -0.2) is 4.79 Å². The van der Waals surface area contributed by atoms with Crippen molar-refractivity contribution in [2.45, 2.75) is 90.9 Å². The Morgan fingerprint density at radius 1 is 0.966 bits per heavy atom. The maximum atomic E-state index is 13.2. The van der Waals surface area contributed by atoms with Gasteiger partial charge in [0, 0.05) is 12.6 Å². The Balaban J connectivity index is 2.04. The van der Waals surface area contributed by atoms with E-state index in [0.717, 1.165) is 19.3 Å². The van der Waals surface area contributed by atoms with Crippen LogP contribution in [0.15, 0.2) is 0 Å². The van der Waals surface area contributed by atoms with Crippen LogP contribution in [-0.2, 0) is 14.4 Å². The first-order valence-corrected chi connectivity index (χ1v) is 10.8. The molecule has 0 aromatic rings. The normalized spacial score (nSPS) is 21.1. The SMILES string of the molecule is CC(=O)C(CC1CC1)NC(=O)C1CCCN1C(=O)C(NC(=O)NC(C)C)C(C)C. The third-order valence-corrected chi connectivity index (χ3v) is 5.55. The smallest absolute Gasteiger partial charge is 0.315 e. The largest absolute Gasteiger partial charge is 0.345 e. The monoisotopic (exact) mass is 408 g/mol. The number of carbonyl (C=O) groups excluding carboxylic acids is 4. The average molecular weight is 409 g/mol. The summed E-state index contributed by atoms with van der Waals surface area (Å²) < 4.78 is 0. The number of carbonyl (C=O) groups is 4. The Kier molecular flexibility index (Phi) is 8.05. The number of nitrogens with one attached hydrogen (secondary N) is 3. The van der Waals surface area contributed by atoms with Crippen molar-refractivity contribution in [2.24, 2.45) is 11.8 Å². The average Bonchev–Trinajstić information content (AvgIpc) is 3.29. The molecule has 29 heavy (non-hydrogen) atoms. The van der Waals surface area contributed by atoms with Gasteiger partial charge in [0.05, 0.1) is 6.04 Å². The fourth-order valence-electron chi connectivity index (χ4n) is 3.72. The zero-order valence-electron chi connectivity index (χ0n) is 18.3. The van der Waals surface area contributed by atoms with Gasteiger partial charge in [-0.2, -0.15) is 0 Å². The minimum absolute atomic E-state index is 0.0433. The van der Waals surface area contributed by atoms with Crippen LogP contribution in [-0.4, -0.2) is 59.2 Å². The van der Waals surface area contributed by atoms with E-state index in [2.05, 4.69) is 16.0 Å². The van der Waals surface area contributed by atoms with E-state index in [1.807, 2.05) is 27.7 Å². The number of urea groups is 1. The van der Waals surface area contributed by atoms with Gasteiger partial charge in [0.1, 0.15) is 12.1 Å². The number of likely N-dealkylation sites (tertiary alicyclic amines) is 1. The van der Waals surface area contributed by atoms with Crippen LogP contribution in [0, 0.1) is 11.8 Å². The van der Waals surface area contributed by atoms with Gasteiger partial charge in [-0.3, -0.25) is 14.4 Å². The van der Waals surface area contributed by atoms with Crippen molar-refractivity contribution in [3.63, 3.8) is 0 Å². The number of ketones is 1. The van der Waals surface area contributed by atoms with Gasteiger partial charge in [0.15, 0.2) is 5.78 Å². The van der Waals surface area contributed by atoms with E-state index in [1.165, 1.54) is 6.92 Å². The molecule has 8 nitrogen and oxygen atoms in total. The molecule has 0 bridgehead atoms. The highest BCUT2D eigenvalue weighted by Crippen LogP contribution is 2.33. The summed E-state index contributed by atoms with van der Waals surface area (Å²) in [6, 6.07) is -2.23. The molecule has 0 aromatic carbocycles. The highest BCUT2D eigenvalue weighted by atomic mass is 16.2. The number of Topliss-reactive ketones (excluding diaryl/α,β-unsaturated/α-hetero) is 1. The molecule has 0 spiro atoms. The maximum absolute atomic E-state index is 13.2. The molecule has 1 saturated carbocycles. The summed E-state index contributed by atoms with van der Waals surface area (Å²) in [5, 5.41) is 8.35. The second-order valence-electron chi connectivity index (χ2n) is 9.03. The van der Waals surface area contributed by atoms with Crippen LogP contribution in [0.4, 0.5) is 4.79 Å². The van der Waals surface area contributed by atoms with Crippen LogP contribution in [0.2, 0.25) is 0 Å². The molecular formula is C21H36N4O4. The van der Waals surface area contributed by atoms with Gasteiger partial charge in [0.25, 0.3) is 0 Å². The minimum atomic E-state index is -0.711. The van der Waals surface area contributed by atoms with Crippen molar-refractivity contribution < 1.29 is 19.2 Å². The van der Waals surface area contributed by atoms with E-state index in [4.69, 9.17) is 0 Å². The molecule has 1 saturated heterocycles. The van der Waals surface area contributed by atoms with E-state index in [9.17, 15) is 19.2 Å². The van der Waals surface area contributed by atoms with E-state index < -0.39 is 24.2 Å². The number of hydrogen-bond donors (Lipinski definition) is 3. The molecule has 0 aromatic heterocycles. The lowest BCUT2D eigenvalue weighted by Gasteiger charge is -2.31. The van der Waals surface area contributed by atoms with Gasteiger partial charge in [-0.15, -0.1) is 0 Å². The van der Waals surface area contributed by atoms with Crippen molar-refractivity contribution in [2.75, 3.05) is 6.54 Å². The number of rotatable bonds is 9. The molecule has 0 radical (unpaired) electrons. The highest BCUT2D eigenvalue weighted by Gasteiger charge is 2.40. The van der Waals surface area contributed by atoms with Crippen LogP contribution in [0.5, 0.6) is 0 Å². The summed E-state index contributed by atoms with van der Waals surface area (Å²) in [4.78, 5) is 51.7. The van der Waals surface area contributed by atoms with Crippen molar-refractivity contribution in [3.8, 4) is 0 Å². The summed E-state index contributed by atoms with van der Waals surface area (Å²) in [6.45, 7) is 9.40. The molecule has 3 N–H and O–H groups in total. The predicted octanol–water partition coefficient (Wildman–Crippen LogP) is 1.58. The number of amides is 4. The lowest BCUT2D eigenvalue weighted by Crippen LogP contribution is -2.58. The fourth-order valence-corrected chi connectivity index (χ4v) is 3.72. The Morgan fingerprint density at radius 2 is 1.62 bits per heavy atom. The maximum Gasteiger partial charge on any atom is 0.315 e. The first-order valence-electron chi connectivity index (χ1n) is 10.8. The molecule has 2 aliphatic rings. The zero-order chi connectivity index (χ0) is 21.7. The molecule has 4 amide bonds. The molecule has 1 aliphatic carbocycles. The molecule has 2 fully saturated rings. The first kappa shape index (κ1) is 23.2. The van der Waals surface area contributed by atoms with Crippen LogP contribution in [0.3, 0.4) is 0 Å². The van der Waals surface area contributed by atoms with Crippen LogP contribution in [0.1, 0.15) is 66.7 Å². The van der Waals surface area contributed by atoms with Gasteiger partial charge in [0.2, 0.25) is 11.8 Å². The molecule has 8 heteroatoms. The summed E-state index contributed by atoms with van der Waals surface area (Å²) in [5.74, 6) is -0.179. The standard InChI is InChI=1S/C21H36N4O4/c1-12(2)18(24-21(29)22-13(3)4)20(28)25-10-6-7-17(25)19(27)23-16(14(5)26)11-15-8-9-15/h12-13,15-18H,6-11H2,1-5H3,(H,23,27)(H2,22,24,29). The molecule has 2 rings (SSSR count). The molecule has 3 atom stereocenters. The lowest BCUT2D eigenvalue weighted by atomic mass is 10.0.